The number of ether oxygens (including phenoxy) is 1. The van der Waals surface area contributed by atoms with E-state index in [1.165, 1.54) is 6.07 Å². The first kappa shape index (κ1) is 13.3. The van der Waals surface area contributed by atoms with Crippen LogP contribution in [-0.2, 0) is 6.54 Å². The highest BCUT2D eigenvalue weighted by molar-refractivity contribution is 5.35. The highest BCUT2D eigenvalue weighted by Gasteiger charge is 2.32. The van der Waals surface area contributed by atoms with E-state index >= 15 is 0 Å². The van der Waals surface area contributed by atoms with Crippen molar-refractivity contribution < 1.29 is 9.13 Å². The van der Waals surface area contributed by atoms with Gasteiger partial charge < -0.3 is 15.4 Å². The van der Waals surface area contributed by atoms with E-state index in [-0.39, 0.29) is 18.0 Å². The Balaban J connectivity index is 2.20. The Morgan fingerprint density at radius 2 is 2.28 bits per heavy atom. The zero-order valence-electron chi connectivity index (χ0n) is 11.1. The molecule has 18 heavy (non-hydrogen) atoms. The van der Waals surface area contributed by atoms with Gasteiger partial charge in [0, 0.05) is 18.7 Å². The third kappa shape index (κ3) is 2.82. The summed E-state index contributed by atoms with van der Waals surface area (Å²) in [4.78, 5) is 2.24. The van der Waals surface area contributed by atoms with Gasteiger partial charge in [-0.3, -0.25) is 0 Å². The lowest BCUT2D eigenvalue weighted by atomic mass is 9.95. The number of hydrogen-bond donors (Lipinski definition) is 1. The lowest BCUT2D eigenvalue weighted by Crippen LogP contribution is -2.48. The van der Waals surface area contributed by atoms with Gasteiger partial charge in [0.1, 0.15) is 17.2 Å². The first-order chi connectivity index (χ1) is 8.54. The molecule has 0 bridgehead atoms. The average Bonchev–Trinajstić information content (AvgIpc) is 2.28. The van der Waals surface area contributed by atoms with Gasteiger partial charge in [0.2, 0.25) is 0 Å². The minimum absolute atomic E-state index is 0.161. The molecular formula is C14H21FN2O. The summed E-state index contributed by atoms with van der Waals surface area (Å²) in [5, 5.41) is 0. The maximum atomic E-state index is 13.6. The quantitative estimate of drug-likeness (QED) is 0.895. The molecule has 1 aromatic rings. The van der Waals surface area contributed by atoms with Gasteiger partial charge in [-0.25, -0.2) is 4.39 Å². The molecule has 2 N–H and O–H groups in total. The van der Waals surface area contributed by atoms with Crippen LogP contribution >= 0.6 is 0 Å². The van der Waals surface area contributed by atoms with Crippen LogP contribution in [0.3, 0.4) is 0 Å². The Morgan fingerprint density at radius 3 is 2.94 bits per heavy atom. The zero-order chi connectivity index (χ0) is 13.2. The average molecular weight is 252 g/mol. The normalized spacial score (nSPS) is 25.1. The summed E-state index contributed by atoms with van der Waals surface area (Å²) in [6.07, 6.45) is 2.08. The van der Waals surface area contributed by atoms with Crippen LogP contribution in [0.25, 0.3) is 0 Å². The molecule has 1 atom stereocenters. The monoisotopic (exact) mass is 252 g/mol. The summed E-state index contributed by atoms with van der Waals surface area (Å²) in [6.45, 7) is 4.18. The fourth-order valence-electron chi connectivity index (χ4n) is 2.63. The lowest BCUT2D eigenvalue weighted by molar-refractivity contribution is 0.0146. The van der Waals surface area contributed by atoms with Gasteiger partial charge in [0.15, 0.2) is 0 Å². The Hall–Kier alpha value is -1.13. The predicted octanol–water partition coefficient (Wildman–Crippen LogP) is 2.15. The number of likely N-dealkylation sites (tertiary alicyclic amines) is 1. The van der Waals surface area contributed by atoms with Crippen molar-refractivity contribution in [3.8, 4) is 5.75 Å². The fraction of sp³-hybridized carbons (Fsp3) is 0.571. The van der Waals surface area contributed by atoms with Crippen LogP contribution in [0.5, 0.6) is 5.75 Å². The molecule has 0 aromatic heterocycles. The van der Waals surface area contributed by atoms with E-state index in [4.69, 9.17) is 10.5 Å². The number of halogens is 1. The third-order valence-corrected chi connectivity index (χ3v) is 3.49. The van der Waals surface area contributed by atoms with Crippen molar-refractivity contribution >= 4 is 0 Å². The van der Waals surface area contributed by atoms with Crippen LogP contribution in [0.2, 0.25) is 0 Å². The number of rotatable bonds is 3. The molecule has 0 saturated carbocycles. The van der Waals surface area contributed by atoms with E-state index in [1.54, 1.807) is 12.1 Å². The molecule has 4 heteroatoms. The highest BCUT2D eigenvalue weighted by atomic mass is 19.1. The predicted molar refractivity (Wildman–Crippen MR) is 70.1 cm³/mol. The molecular weight excluding hydrogens is 231 g/mol. The molecule has 1 unspecified atom stereocenters. The molecule has 100 valence electrons. The van der Waals surface area contributed by atoms with E-state index in [2.05, 4.69) is 18.9 Å². The largest absolute Gasteiger partial charge is 0.486 e. The van der Waals surface area contributed by atoms with Crippen molar-refractivity contribution in [2.24, 2.45) is 5.73 Å². The molecule has 3 nitrogen and oxygen atoms in total. The Kier molecular flexibility index (Phi) is 3.88. The Labute approximate surface area is 108 Å². The molecule has 0 radical (unpaired) electrons. The van der Waals surface area contributed by atoms with Crippen LogP contribution in [0, 0.1) is 5.82 Å². The minimum Gasteiger partial charge on any atom is -0.486 e. The molecule has 0 spiro atoms. The van der Waals surface area contributed by atoms with Crippen molar-refractivity contribution in [3.05, 3.63) is 29.6 Å². The lowest BCUT2D eigenvalue weighted by Gasteiger charge is -2.39. The summed E-state index contributed by atoms with van der Waals surface area (Å²) < 4.78 is 19.7. The molecule has 1 saturated heterocycles. The van der Waals surface area contributed by atoms with Crippen LogP contribution in [0.1, 0.15) is 25.3 Å². The van der Waals surface area contributed by atoms with Gasteiger partial charge in [0.25, 0.3) is 0 Å². The molecule has 2 rings (SSSR count). The number of benzene rings is 1. The second-order valence-corrected chi connectivity index (χ2v) is 5.31. The van der Waals surface area contributed by atoms with Crippen molar-refractivity contribution in [3.63, 3.8) is 0 Å². The second-order valence-electron chi connectivity index (χ2n) is 5.31. The Morgan fingerprint density at radius 1 is 1.50 bits per heavy atom. The minimum atomic E-state index is -0.289. The van der Waals surface area contributed by atoms with E-state index in [0.717, 1.165) is 25.9 Å². The van der Waals surface area contributed by atoms with Crippen LogP contribution in [0.4, 0.5) is 4.39 Å². The summed E-state index contributed by atoms with van der Waals surface area (Å²) in [5.41, 5.74) is 5.80. The van der Waals surface area contributed by atoms with Crippen LogP contribution in [0.15, 0.2) is 18.2 Å². The number of piperidine rings is 1. The Bertz CT molecular complexity index is 424. The number of nitrogens with two attached hydrogens (primary N) is 1. The maximum absolute atomic E-state index is 13.6. The number of likely N-dealkylation sites (N-methyl/N-ethyl adjacent to an activating group) is 1. The van der Waals surface area contributed by atoms with E-state index in [0.29, 0.717) is 11.3 Å². The highest BCUT2D eigenvalue weighted by Crippen LogP contribution is 2.30. The maximum Gasteiger partial charge on any atom is 0.131 e. The molecule has 0 aliphatic carbocycles. The van der Waals surface area contributed by atoms with Gasteiger partial charge in [-0.05, 0) is 45.5 Å². The van der Waals surface area contributed by atoms with Crippen molar-refractivity contribution in [2.75, 3.05) is 20.1 Å². The van der Waals surface area contributed by atoms with Crippen molar-refractivity contribution in [1.29, 1.82) is 0 Å². The fourth-order valence-corrected chi connectivity index (χ4v) is 2.63. The van der Waals surface area contributed by atoms with Crippen molar-refractivity contribution in [2.45, 2.75) is 31.9 Å². The second kappa shape index (κ2) is 5.24. The summed E-state index contributed by atoms with van der Waals surface area (Å²) in [7, 11) is 2.08. The van der Waals surface area contributed by atoms with E-state index in [9.17, 15) is 4.39 Å². The van der Waals surface area contributed by atoms with Gasteiger partial charge in [-0.15, -0.1) is 0 Å². The SMILES string of the molecule is CN1CCCC(C)(Oc2cccc(F)c2CN)C1. The standard InChI is InChI=1S/C14H21FN2O/c1-14(7-4-8-17(2)10-14)18-13-6-3-5-12(15)11(13)9-16/h3,5-6H,4,7-10,16H2,1-2H3. The van der Waals surface area contributed by atoms with Gasteiger partial charge in [-0.1, -0.05) is 6.07 Å². The first-order valence-electron chi connectivity index (χ1n) is 6.39. The molecule has 1 heterocycles. The van der Waals surface area contributed by atoms with Gasteiger partial charge in [0.05, 0.1) is 0 Å². The topological polar surface area (TPSA) is 38.5 Å². The molecule has 1 aliphatic rings. The van der Waals surface area contributed by atoms with Crippen LogP contribution in [-0.4, -0.2) is 30.6 Å². The molecule has 1 fully saturated rings. The smallest absolute Gasteiger partial charge is 0.131 e. The van der Waals surface area contributed by atoms with Crippen LogP contribution < -0.4 is 10.5 Å². The number of nitrogens with zero attached hydrogens (tertiary/aromatic N) is 1. The summed E-state index contributed by atoms with van der Waals surface area (Å²) >= 11 is 0. The molecule has 1 aromatic carbocycles. The van der Waals surface area contributed by atoms with Gasteiger partial charge in [-0.2, -0.15) is 0 Å². The van der Waals surface area contributed by atoms with Crippen molar-refractivity contribution in [1.82, 2.24) is 4.90 Å². The summed E-state index contributed by atoms with van der Waals surface area (Å²) in [5.74, 6) is 0.290. The molecule has 1 aliphatic heterocycles. The zero-order valence-corrected chi connectivity index (χ0v) is 11.1. The number of hydrogen-bond acceptors (Lipinski definition) is 3. The van der Waals surface area contributed by atoms with E-state index < -0.39 is 0 Å². The summed E-state index contributed by atoms with van der Waals surface area (Å²) in [6, 6.07) is 4.88. The van der Waals surface area contributed by atoms with Gasteiger partial charge >= 0.3 is 0 Å². The molecule has 0 amide bonds. The van der Waals surface area contributed by atoms with E-state index in [1.807, 2.05) is 0 Å². The third-order valence-electron chi connectivity index (χ3n) is 3.49. The first-order valence-corrected chi connectivity index (χ1v) is 6.39.